The summed E-state index contributed by atoms with van der Waals surface area (Å²) in [5.74, 6) is 3.18. The van der Waals surface area contributed by atoms with Crippen LogP contribution < -0.4 is 5.73 Å². The lowest BCUT2D eigenvalue weighted by atomic mass is 9.89. The summed E-state index contributed by atoms with van der Waals surface area (Å²) in [6, 6.07) is 0. The molecule has 2 N–H and O–H groups in total. The number of fused-ring (bicyclic) bond motifs is 2. The van der Waals surface area contributed by atoms with E-state index in [0.29, 0.717) is 10.8 Å². The van der Waals surface area contributed by atoms with E-state index in [1.807, 2.05) is 10.9 Å². The van der Waals surface area contributed by atoms with Crippen LogP contribution in [0.4, 0.5) is 5.82 Å². The van der Waals surface area contributed by atoms with Gasteiger partial charge in [0.15, 0.2) is 5.82 Å². The molecule has 0 saturated heterocycles. The number of aromatic nitrogens is 2. The van der Waals surface area contributed by atoms with E-state index < -0.39 is 0 Å². The Morgan fingerprint density at radius 1 is 1.47 bits per heavy atom. The number of rotatable bonds is 2. The topological polar surface area (TPSA) is 43.8 Å². The predicted molar refractivity (Wildman–Crippen MR) is 60.6 cm³/mol. The molecule has 2 fully saturated rings. The molecule has 4 heteroatoms. The summed E-state index contributed by atoms with van der Waals surface area (Å²) in [7, 11) is 0. The lowest BCUT2D eigenvalue weighted by Crippen LogP contribution is -2.17. The van der Waals surface area contributed by atoms with Gasteiger partial charge < -0.3 is 5.73 Å². The summed E-state index contributed by atoms with van der Waals surface area (Å²) in [5, 5.41) is 4.80. The molecule has 0 amide bonds. The van der Waals surface area contributed by atoms with Crippen molar-refractivity contribution in [1.29, 1.82) is 0 Å². The summed E-state index contributed by atoms with van der Waals surface area (Å²) < 4.78 is 1.92. The van der Waals surface area contributed by atoms with Gasteiger partial charge in [0.05, 0.1) is 0 Å². The first-order chi connectivity index (χ1) is 7.22. The van der Waals surface area contributed by atoms with Gasteiger partial charge in [-0.25, -0.2) is 0 Å². The number of nitrogens with two attached hydrogens (primary N) is 1. The van der Waals surface area contributed by atoms with Crippen LogP contribution in [0.25, 0.3) is 0 Å². The molecule has 1 heterocycles. The summed E-state index contributed by atoms with van der Waals surface area (Å²) in [6.07, 6.45) is 7.53. The van der Waals surface area contributed by atoms with Crippen LogP contribution in [0.2, 0.25) is 5.02 Å². The molecule has 3 unspecified atom stereocenters. The first kappa shape index (κ1) is 9.52. The zero-order valence-corrected chi connectivity index (χ0v) is 9.45. The fourth-order valence-corrected chi connectivity index (χ4v) is 3.50. The molecular formula is C11H16ClN3. The third-order valence-electron chi connectivity index (χ3n) is 4.05. The van der Waals surface area contributed by atoms with E-state index in [1.165, 1.54) is 25.7 Å². The number of nitrogens with zero attached hydrogens (tertiary/aromatic N) is 2. The molecule has 3 atom stereocenters. The van der Waals surface area contributed by atoms with Crippen molar-refractivity contribution in [2.24, 2.45) is 17.8 Å². The Morgan fingerprint density at radius 2 is 2.33 bits per heavy atom. The van der Waals surface area contributed by atoms with E-state index in [2.05, 4.69) is 5.10 Å². The smallest absolute Gasteiger partial charge is 0.164 e. The van der Waals surface area contributed by atoms with E-state index in [-0.39, 0.29) is 0 Å². The predicted octanol–water partition coefficient (Wildman–Crippen LogP) is 2.55. The van der Waals surface area contributed by atoms with E-state index in [1.54, 1.807) is 0 Å². The van der Waals surface area contributed by atoms with Gasteiger partial charge in [-0.05, 0) is 37.0 Å². The van der Waals surface area contributed by atoms with Gasteiger partial charge in [-0.1, -0.05) is 18.0 Å². The minimum Gasteiger partial charge on any atom is -0.381 e. The maximum atomic E-state index is 5.89. The zero-order chi connectivity index (χ0) is 10.4. The van der Waals surface area contributed by atoms with Crippen LogP contribution in [0.3, 0.4) is 0 Å². The highest BCUT2D eigenvalue weighted by atomic mass is 35.5. The van der Waals surface area contributed by atoms with Crippen LogP contribution in [0.15, 0.2) is 6.20 Å². The van der Waals surface area contributed by atoms with Crippen molar-refractivity contribution in [3.05, 3.63) is 11.2 Å². The monoisotopic (exact) mass is 225 g/mol. The molecule has 15 heavy (non-hydrogen) atoms. The Hall–Kier alpha value is -0.700. The van der Waals surface area contributed by atoms with Crippen LogP contribution in [0.1, 0.15) is 25.7 Å². The average molecular weight is 226 g/mol. The number of hydrogen-bond donors (Lipinski definition) is 1. The van der Waals surface area contributed by atoms with Crippen molar-refractivity contribution in [3.63, 3.8) is 0 Å². The highest BCUT2D eigenvalue weighted by Gasteiger charge is 2.39. The number of halogens is 1. The summed E-state index contributed by atoms with van der Waals surface area (Å²) >= 11 is 5.89. The lowest BCUT2D eigenvalue weighted by Gasteiger charge is -2.21. The normalized spacial score (nSPS) is 33.8. The van der Waals surface area contributed by atoms with Gasteiger partial charge in [0, 0.05) is 12.7 Å². The van der Waals surface area contributed by atoms with Gasteiger partial charge in [-0.3, -0.25) is 4.68 Å². The molecular weight excluding hydrogens is 210 g/mol. The Labute approximate surface area is 94.6 Å². The Kier molecular flexibility index (Phi) is 2.16. The molecule has 3 nitrogen and oxygen atoms in total. The first-order valence-corrected chi connectivity index (χ1v) is 6.08. The average Bonchev–Trinajstić information content (AvgIpc) is 2.84. The van der Waals surface area contributed by atoms with Gasteiger partial charge in [-0.15, -0.1) is 0 Å². The molecule has 1 aromatic rings. The Bertz CT molecular complexity index is 354. The van der Waals surface area contributed by atoms with E-state index in [4.69, 9.17) is 17.3 Å². The highest BCUT2D eigenvalue weighted by Crippen LogP contribution is 2.48. The van der Waals surface area contributed by atoms with Crippen molar-refractivity contribution in [1.82, 2.24) is 9.78 Å². The summed E-state index contributed by atoms with van der Waals surface area (Å²) in [4.78, 5) is 0. The molecule has 2 saturated carbocycles. The van der Waals surface area contributed by atoms with Crippen LogP contribution in [0, 0.1) is 17.8 Å². The van der Waals surface area contributed by atoms with E-state index in [0.717, 1.165) is 24.3 Å². The molecule has 0 aromatic carbocycles. The lowest BCUT2D eigenvalue weighted by molar-refractivity contribution is 0.286. The minimum atomic E-state index is 0.458. The van der Waals surface area contributed by atoms with Gasteiger partial charge in [0.1, 0.15) is 5.02 Å². The highest BCUT2D eigenvalue weighted by molar-refractivity contribution is 6.32. The zero-order valence-electron chi connectivity index (χ0n) is 8.69. The van der Waals surface area contributed by atoms with E-state index in [9.17, 15) is 0 Å². The second-order valence-electron chi connectivity index (χ2n) is 5.02. The molecule has 2 aliphatic rings. The van der Waals surface area contributed by atoms with Crippen molar-refractivity contribution in [2.75, 3.05) is 5.73 Å². The molecule has 1 aromatic heterocycles. The fraction of sp³-hybridized carbons (Fsp3) is 0.727. The second-order valence-corrected chi connectivity index (χ2v) is 5.43. The molecule has 0 spiro atoms. The maximum Gasteiger partial charge on any atom is 0.164 e. The number of hydrogen-bond acceptors (Lipinski definition) is 2. The number of anilines is 1. The minimum absolute atomic E-state index is 0.458. The van der Waals surface area contributed by atoms with Crippen LogP contribution in [-0.2, 0) is 6.54 Å². The van der Waals surface area contributed by atoms with E-state index >= 15 is 0 Å². The summed E-state index contributed by atoms with van der Waals surface area (Å²) in [6.45, 7) is 0.998. The molecule has 2 bridgehead atoms. The third-order valence-corrected chi connectivity index (χ3v) is 4.34. The van der Waals surface area contributed by atoms with Crippen molar-refractivity contribution in [2.45, 2.75) is 32.2 Å². The van der Waals surface area contributed by atoms with Gasteiger partial charge >= 0.3 is 0 Å². The Morgan fingerprint density at radius 3 is 2.87 bits per heavy atom. The van der Waals surface area contributed by atoms with Crippen LogP contribution in [0.5, 0.6) is 0 Å². The van der Waals surface area contributed by atoms with Gasteiger partial charge in [0.2, 0.25) is 0 Å². The molecule has 0 aliphatic heterocycles. The SMILES string of the molecule is Nc1nn(CC2CC3CCC2C3)cc1Cl. The third kappa shape index (κ3) is 1.63. The molecule has 82 valence electrons. The van der Waals surface area contributed by atoms with Crippen LogP contribution >= 0.6 is 11.6 Å². The quantitative estimate of drug-likeness (QED) is 0.841. The maximum absolute atomic E-state index is 5.89. The largest absolute Gasteiger partial charge is 0.381 e. The van der Waals surface area contributed by atoms with Crippen molar-refractivity contribution in [3.8, 4) is 0 Å². The molecule has 0 radical (unpaired) electrons. The van der Waals surface area contributed by atoms with Gasteiger partial charge in [0.25, 0.3) is 0 Å². The summed E-state index contributed by atoms with van der Waals surface area (Å²) in [5.41, 5.74) is 5.63. The van der Waals surface area contributed by atoms with Crippen LogP contribution in [-0.4, -0.2) is 9.78 Å². The molecule has 2 aliphatic carbocycles. The van der Waals surface area contributed by atoms with Crippen molar-refractivity contribution >= 4 is 17.4 Å². The first-order valence-electron chi connectivity index (χ1n) is 5.71. The second kappa shape index (κ2) is 3.41. The Balaban J connectivity index is 1.70. The molecule has 3 rings (SSSR count). The fourth-order valence-electron chi connectivity index (χ4n) is 3.35. The van der Waals surface area contributed by atoms with Crippen molar-refractivity contribution < 1.29 is 0 Å². The standard InChI is InChI=1S/C11H16ClN3/c12-10-6-15(14-11(10)13)5-9-4-7-1-2-8(9)3-7/h6-9H,1-5H2,(H2,13,14). The van der Waals surface area contributed by atoms with Gasteiger partial charge in [-0.2, -0.15) is 5.10 Å². The number of nitrogen functional groups attached to an aromatic ring is 1.